The van der Waals surface area contributed by atoms with Crippen molar-refractivity contribution in [1.82, 2.24) is 0 Å². The zero-order chi connectivity index (χ0) is 14.8. The molecule has 2 aromatic rings. The van der Waals surface area contributed by atoms with Gasteiger partial charge in [0.15, 0.2) is 0 Å². The first kappa shape index (κ1) is 14.8. The Bertz CT molecular complexity index is 593. The van der Waals surface area contributed by atoms with Crippen LogP contribution in [0.1, 0.15) is 5.56 Å². The molecular weight excluding hydrogens is 340 g/mol. The smallest absolute Gasteiger partial charge is 0.406 e. The summed E-state index contributed by atoms with van der Waals surface area (Å²) in [7, 11) is 0. The third-order valence-electron chi connectivity index (χ3n) is 2.62. The van der Waals surface area contributed by atoms with Crippen LogP contribution in [0.15, 0.2) is 42.5 Å². The van der Waals surface area contributed by atoms with Crippen LogP contribution in [-0.4, -0.2) is 6.36 Å². The molecule has 0 aliphatic heterocycles. The lowest BCUT2D eigenvalue weighted by atomic mass is 10.0. The highest BCUT2D eigenvalue weighted by molar-refractivity contribution is 9.08. The predicted octanol–water partition coefficient (Wildman–Crippen LogP) is 5.29. The average molecular weight is 349 g/mol. The standard InChI is InChI=1S/C14H9BrF4O/c15-8-11-2-1-10(7-13(11)16)9-3-5-12(6-4-9)20-14(17,18)19/h1-7H,8H2. The topological polar surface area (TPSA) is 9.23 Å². The first-order chi connectivity index (χ1) is 9.39. The molecule has 2 rings (SSSR count). The maximum Gasteiger partial charge on any atom is 0.573 e. The van der Waals surface area contributed by atoms with Gasteiger partial charge in [-0.2, -0.15) is 0 Å². The molecule has 0 saturated heterocycles. The second-order valence-corrected chi connectivity index (χ2v) is 4.57. The minimum atomic E-state index is -4.72. The minimum absolute atomic E-state index is 0.307. The molecule has 2 aromatic carbocycles. The number of benzene rings is 2. The normalized spacial score (nSPS) is 11.4. The highest BCUT2D eigenvalue weighted by Crippen LogP contribution is 2.27. The van der Waals surface area contributed by atoms with Crippen LogP contribution in [0.3, 0.4) is 0 Å². The number of halogens is 5. The van der Waals surface area contributed by atoms with Crippen LogP contribution in [0.25, 0.3) is 11.1 Å². The molecule has 0 N–H and O–H groups in total. The van der Waals surface area contributed by atoms with E-state index in [1.807, 2.05) is 0 Å². The van der Waals surface area contributed by atoms with Crippen molar-refractivity contribution >= 4 is 15.9 Å². The van der Waals surface area contributed by atoms with Gasteiger partial charge in [-0.15, -0.1) is 13.2 Å². The highest BCUT2D eigenvalue weighted by Gasteiger charge is 2.30. The zero-order valence-corrected chi connectivity index (χ0v) is 11.6. The lowest BCUT2D eigenvalue weighted by Gasteiger charge is -2.09. The van der Waals surface area contributed by atoms with E-state index in [9.17, 15) is 17.6 Å². The molecule has 0 amide bonds. The number of ether oxygens (including phenoxy) is 1. The Morgan fingerprint density at radius 1 is 0.950 bits per heavy atom. The molecule has 0 heterocycles. The largest absolute Gasteiger partial charge is 0.573 e. The molecule has 0 saturated carbocycles. The van der Waals surface area contributed by atoms with Crippen molar-refractivity contribution in [2.24, 2.45) is 0 Å². The van der Waals surface area contributed by atoms with Crippen LogP contribution < -0.4 is 4.74 Å². The van der Waals surface area contributed by atoms with Crippen molar-refractivity contribution in [1.29, 1.82) is 0 Å². The van der Waals surface area contributed by atoms with Crippen LogP contribution in [0.2, 0.25) is 0 Å². The highest BCUT2D eigenvalue weighted by atomic mass is 79.9. The fraction of sp³-hybridized carbons (Fsp3) is 0.143. The minimum Gasteiger partial charge on any atom is -0.406 e. The van der Waals surface area contributed by atoms with Gasteiger partial charge in [-0.05, 0) is 34.9 Å². The van der Waals surface area contributed by atoms with Crippen LogP contribution in [0.4, 0.5) is 17.6 Å². The molecular formula is C14H9BrF4O. The molecule has 0 radical (unpaired) electrons. The first-order valence-electron chi connectivity index (χ1n) is 5.59. The van der Waals surface area contributed by atoms with Gasteiger partial charge >= 0.3 is 6.36 Å². The van der Waals surface area contributed by atoms with Crippen molar-refractivity contribution < 1.29 is 22.3 Å². The fourth-order valence-electron chi connectivity index (χ4n) is 1.68. The van der Waals surface area contributed by atoms with Gasteiger partial charge in [-0.25, -0.2) is 4.39 Å². The lowest BCUT2D eigenvalue weighted by Crippen LogP contribution is -2.16. The number of rotatable bonds is 3. The average Bonchev–Trinajstić information content (AvgIpc) is 2.37. The van der Waals surface area contributed by atoms with Crippen molar-refractivity contribution in [3.8, 4) is 16.9 Å². The van der Waals surface area contributed by atoms with E-state index in [4.69, 9.17) is 0 Å². The van der Waals surface area contributed by atoms with Gasteiger partial charge in [-0.3, -0.25) is 0 Å². The Kier molecular flexibility index (Phi) is 4.32. The van der Waals surface area contributed by atoms with Crippen LogP contribution in [0, 0.1) is 5.82 Å². The Morgan fingerprint density at radius 3 is 2.05 bits per heavy atom. The van der Waals surface area contributed by atoms with Gasteiger partial charge in [-0.1, -0.05) is 40.2 Å². The zero-order valence-electron chi connectivity index (χ0n) is 10.0. The van der Waals surface area contributed by atoms with Gasteiger partial charge in [0.25, 0.3) is 0 Å². The Balaban J connectivity index is 2.24. The van der Waals surface area contributed by atoms with Crippen LogP contribution in [-0.2, 0) is 5.33 Å². The Morgan fingerprint density at radius 2 is 1.55 bits per heavy atom. The molecule has 0 atom stereocenters. The maximum atomic E-state index is 13.6. The monoisotopic (exact) mass is 348 g/mol. The van der Waals surface area contributed by atoms with Crippen molar-refractivity contribution in [3.63, 3.8) is 0 Å². The SMILES string of the molecule is Fc1cc(-c2ccc(OC(F)(F)F)cc2)ccc1CBr. The van der Waals surface area contributed by atoms with Crippen LogP contribution >= 0.6 is 15.9 Å². The summed E-state index contributed by atoms with van der Waals surface area (Å²) in [5, 5.41) is 0.400. The van der Waals surface area contributed by atoms with E-state index in [0.29, 0.717) is 22.0 Å². The van der Waals surface area contributed by atoms with E-state index in [2.05, 4.69) is 20.7 Å². The summed E-state index contributed by atoms with van der Waals surface area (Å²) in [6, 6.07) is 9.96. The fourth-order valence-corrected chi connectivity index (χ4v) is 2.14. The van der Waals surface area contributed by atoms with Crippen molar-refractivity contribution in [2.75, 3.05) is 0 Å². The van der Waals surface area contributed by atoms with E-state index in [0.717, 1.165) is 0 Å². The van der Waals surface area contributed by atoms with Gasteiger partial charge in [0.2, 0.25) is 0 Å². The third-order valence-corrected chi connectivity index (χ3v) is 3.22. The van der Waals surface area contributed by atoms with Gasteiger partial charge < -0.3 is 4.74 Å². The van der Waals surface area contributed by atoms with E-state index in [1.165, 1.54) is 30.3 Å². The van der Waals surface area contributed by atoms with E-state index in [1.54, 1.807) is 12.1 Å². The van der Waals surface area contributed by atoms with E-state index in [-0.39, 0.29) is 11.6 Å². The second kappa shape index (κ2) is 5.83. The predicted molar refractivity (Wildman–Crippen MR) is 71.2 cm³/mol. The summed E-state index contributed by atoms with van der Waals surface area (Å²) in [5.41, 5.74) is 1.72. The number of hydrogen-bond acceptors (Lipinski definition) is 1. The molecule has 1 nitrogen and oxygen atoms in total. The summed E-state index contributed by atoms with van der Waals surface area (Å²) >= 11 is 3.16. The summed E-state index contributed by atoms with van der Waals surface area (Å²) in [6.45, 7) is 0. The van der Waals surface area contributed by atoms with Crippen LogP contribution in [0.5, 0.6) is 5.75 Å². The van der Waals surface area contributed by atoms with Crippen molar-refractivity contribution in [3.05, 3.63) is 53.8 Å². The van der Waals surface area contributed by atoms with E-state index < -0.39 is 6.36 Å². The summed E-state index contributed by atoms with van der Waals surface area (Å²) in [6.07, 6.45) is -4.72. The molecule has 6 heteroatoms. The molecule has 0 fully saturated rings. The lowest BCUT2D eigenvalue weighted by molar-refractivity contribution is -0.274. The molecule has 0 aromatic heterocycles. The van der Waals surface area contributed by atoms with Gasteiger partial charge in [0.05, 0.1) is 0 Å². The molecule has 20 heavy (non-hydrogen) atoms. The Labute approximate surface area is 121 Å². The van der Waals surface area contributed by atoms with Gasteiger partial charge in [0.1, 0.15) is 11.6 Å². The quantitative estimate of drug-likeness (QED) is 0.541. The summed E-state index contributed by atoms with van der Waals surface area (Å²) in [4.78, 5) is 0. The summed E-state index contributed by atoms with van der Waals surface area (Å²) < 4.78 is 53.5. The third kappa shape index (κ3) is 3.72. The Hall–Kier alpha value is -1.56. The molecule has 0 spiro atoms. The molecule has 0 bridgehead atoms. The molecule has 0 unspecified atom stereocenters. The van der Waals surface area contributed by atoms with E-state index >= 15 is 0 Å². The summed E-state index contributed by atoms with van der Waals surface area (Å²) in [5.74, 6) is -0.672. The molecule has 106 valence electrons. The molecule has 0 aliphatic carbocycles. The van der Waals surface area contributed by atoms with Crippen molar-refractivity contribution in [2.45, 2.75) is 11.7 Å². The first-order valence-corrected chi connectivity index (χ1v) is 6.72. The maximum absolute atomic E-state index is 13.6. The molecule has 0 aliphatic rings. The number of alkyl halides is 4. The second-order valence-electron chi connectivity index (χ2n) is 4.01. The number of hydrogen-bond donors (Lipinski definition) is 0. The van der Waals surface area contributed by atoms with Gasteiger partial charge in [0, 0.05) is 5.33 Å².